The summed E-state index contributed by atoms with van der Waals surface area (Å²) in [5.41, 5.74) is 4.43. The van der Waals surface area contributed by atoms with Gasteiger partial charge in [-0.3, -0.25) is 11.7 Å². The lowest BCUT2D eigenvalue weighted by Gasteiger charge is -2.08. The van der Waals surface area contributed by atoms with Crippen molar-refractivity contribution in [1.82, 2.24) is 10.9 Å². The summed E-state index contributed by atoms with van der Waals surface area (Å²) >= 11 is 0. The van der Waals surface area contributed by atoms with E-state index < -0.39 is 6.17 Å². The fraction of sp³-hybridized carbons (Fsp3) is 1.00. The molecule has 0 spiro atoms. The van der Waals surface area contributed by atoms with Crippen molar-refractivity contribution in [3.8, 4) is 0 Å². The fourth-order valence-electron chi connectivity index (χ4n) is 0.154. The largest absolute Gasteiger partial charge is 0.393 e. The molecule has 0 atom stereocenters. The van der Waals surface area contributed by atoms with E-state index in [0.29, 0.717) is 0 Å². The summed E-state index contributed by atoms with van der Waals surface area (Å²) in [4.78, 5) is 0. The van der Waals surface area contributed by atoms with Crippen molar-refractivity contribution in [2.24, 2.45) is 11.7 Å². The molecule has 5 nitrogen and oxygen atoms in total. The summed E-state index contributed by atoms with van der Waals surface area (Å²) in [5, 5.41) is 8.24. The first kappa shape index (κ1) is 6.80. The van der Waals surface area contributed by atoms with Crippen LogP contribution in [0.1, 0.15) is 0 Å². The lowest BCUT2D eigenvalue weighted by Crippen LogP contribution is -2.51. The molecule has 44 valence electrons. The molecule has 5 heteroatoms. The number of hydrogen-bond donors (Lipinski definition) is 5. The van der Waals surface area contributed by atoms with E-state index in [2.05, 4.69) is 10.9 Å². The summed E-state index contributed by atoms with van der Waals surface area (Å²) in [7, 11) is 0. The number of hydrazine groups is 2. The maximum Gasteiger partial charge on any atom is 0.106 e. The first-order valence-electron chi connectivity index (χ1n) is 1.88. The third-order valence-corrected chi connectivity index (χ3v) is 0.585. The molecule has 0 unspecified atom stereocenters. The molecule has 0 rings (SSSR count). The van der Waals surface area contributed by atoms with Gasteiger partial charge in [-0.2, -0.15) is 0 Å². The predicted octanol–water partition coefficient (Wildman–Crippen LogP) is -2.77. The molecule has 7 heavy (non-hydrogen) atoms. The van der Waals surface area contributed by atoms with Crippen molar-refractivity contribution in [3.63, 3.8) is 0 Å². The molecule has 0 aliphatic carbocycles. The minimum Gasteiger partial charge on any atom is -0.393 e. The minimum atomic E-state index is -0.403. The molecule has 0 aliphatic rings. The van der Waals surface area contributed by atoms with Crippen molar-refractivity contribution in [1.29, 1.82) is 0 Å². The highest BCUT2D eigenvalue weighted by Gasteiger charge is 1.95. The van der Waals surface area contributed by atoms with Gasteiger partial charge in [-0.15, -0.1) is 0 Å². The Morgan fingerprint density at radius 2 is 1.86 bits per heavy atom. The van der Waals surface area contributed by atoms with Gasteiger partial charge in [0.2, 0.25) is 0 Å². The molecule has 0 aromatic rings. The molecule has 0 aliphatic heterocycles. The molecule has 0 radical (unpaired) electrons. The zero-order chi connectivity index (χ0) is 5.70. The Balaban J connectivity index is 2.99. The average molecular weight is 106 g/mol. The molecule has 0 fully saturated rings. The number of nitrogens with one attached hydrogen (secondary N) is 2. The summed E-state index contributed by atoms with van der Waals surface area (Å²) < 4.78 is 0. The Hall–Kier alpha value is -0.200. The normalized spacial score (nSPS) is 10.3. The van der Waals surface area contributed by atoms with Crippen LogP contribution in [0, 0.1) is 0 Å². The highest BCUT2D eigenvalue weighted by molar-refractivity contribution is 4.49. The van der Waals surface area contributed by atoms with Crippen LogP contribution < -0.4 is 22.5 Å². The SMILES string of the molecule is NNC(CO)NN. The van der Waals surface area contributed by atoms with E-state index in [-0.39, 0.29) is 6.61 Å². The lowest BCUT2D eigenvalue weighted by molar-refractivity contribution is 0.221. The Morgan fingerprint density at radius 1 is 1.43 bits per heavy atom. The molecule has 0 aromatic heterocycles. The van der Waals surface area contributed by atoms with Crippen LogP contribution in [0.25, 0.3) is 0 Å². The maximum atomic E-state index is 8.24. The predicted molar refractivity (Wildman–Crippen MR) is 25.5 cm³/mol. The monoisotopic (exact) mass is 106 g/mol. The maximum absolute atomic E-state index is 8.24. The smallest absolute Gasteiger partial charge is 0.106 e. The summed E-state index contributed by atoms with van der Waals surface area (Å²) in [6.45, 7) is -0.118. The number of aliphatic hydroxyl groups is 1. The van der Waals surface area contributed by atoms with Crippen molar-refractivity contribution in [2.45, 2.75) is 6.17 Å². The number of hydrogen-bond acceptors (Lipinski definition) is 5. The molecule has 0 amide bonds. The Kier molecular flexibility index (Phi) is 3.86. The standard InChI is InChI=1S/C2H10N4O/c3-5-2(1-7)6-4/h2,5-7H,1,3-4H2. The second kappa shape index (κ2) is 3.97. The van der Waals surface area contributed by atoms with Gasteiger partial charge in [0.1, 0.15) is 6.17 Å². The van der Waals surface area contributed by atoms with Crippen LogP contribution in [0.4, 0.5) is 0 Å². The van der Waals surface area contributed by atoms with Gasteiger partial charge in [0.25, 0.3) is 0 Å². The summed E-state index contributed by atoms with van der Waals surface area (Å²) in [5.74, 6) is 9.68. The van der Waals surface area contributed by atoms with Crippen molar-refractivity contribution >= 4 is 0 Å². The van der Waals surface area contributed by atoms with E-state index in [0.717, 1.165) is 0 Å². The summed E-state index contributed by atoms with van der Waals surface area (Å²) in [6.07, 6.45) is -0.403. The van der Waals surface area contributed by atoms with Gasteiger partial charge in [-0.25, -0.2) is 10.9 Å². The average Bonchev–Trinajstić information content (AvgIpc) is 1.72. The van der Waals surface area contributed by atoms with Crippen LogP contribution in [0.2, 0.25) is 0 Å². The second-order valence-electron chi connectivity index (χ2n) is 1.07. The van der Waals surface area contributed by atoms with Crippen molar-refractivity contribution in [3.05, 3.63) is 0 Å². The van der Waals surface area contributed by atoms with Crippen LogP contribution in [0.5, 0.6) is 0 Å². The van der Waals surface area contributed by atoms with Gasteiger partial charge in [-0.05, 0) is 0 Å². The topological polar surface area (TPSA) is 96.3 Å². The van der Waals surface area contributed by atoms with E-state index in [4.69, 9.17) is 16.8 Å². The highest BCUT2D eigenvalue weighted by Crippen LogP contribution is 1.61. The number of nitrogens with two attached hydrogens (primary N) is 2. The third-order valence-electron chi connectivity index (χ3n) is 0.585. The van der Waals surface area contributed by atoms with Crippen LogP contribution in [-0.4, -0.2) is 17.9 Å². The van der Waals surface area contributed by atoms with Crippen LogP contribution in [-0.2, 0) is 0 Å². The molecular weight excluding hydrogens is 96.0 g/mol. The van der Waals surface area contributed by atoms with Gasteiger partial charge in [0.05, 0.1) is 6.61 Å². The van der Waals surface area contributed by atoms with Crippen molar-refractivity contribution in [2.75, 3.05) is 6.61 Å². The van der Waals surface area contributed by atoms with Gasteiger partial charge in [0.15, 0.2) is 0 Å². The Morgan fingerprint density at radius 3 is 1.86 bits per heavy atom. The zero-order valence-corrected chi connectivity index (χ0v) is 3.89. The zero-order valence-electron chi connectivity index (χ0n) is 3.89. The van der Waals surface area contributed by atoms with Gasteiger partial charge in [-0.1, -0.05) is 0 Å². The molecule has 7 N–H and O–H groups in total. The third kappa shape index (κ3) is 2.49. The summed E-state index contributed by atoms with van der Waals surface area (Å²) in [6, 6.07) is 0. The van der Waals surface area contributed by atoms with Gasteiger partial charge < -0.3 is 5.11 Å². The van der Waals surface area contributed by atoms with Crippen LogP contribution >= 0.6 is 0 Å². The molecular formula is C2H10N4O. The molecule has 0 saturated heterocycles. The molecule has 0 bridgehead atoms. The van der Waals surface area contributed by atoms with E-state index in [9.17, 15) is 0 Å². The first-order chi connectivity index (χ1) is 3.35. The van der Waals surface area contributed by atoms with E-state index in [1.54, 1.807) is 0 Å². The van der Waals surface area contributed by atoms with Crippen LogP contribution in [0.3, 0.4) is 0 Å². The quantitative estimate of drug-likeness (QED) is 0.152. The lowest BCUT2D eigenvalue weighted by atomic mass is 10.6. The van der Waals surface area contributed by atoms with Gasteiger partial charge in [0, 0.05) is 0 Å². The Labute approximate surface area is 41.6 Å². The second-order valence-corrected chi connectivity index (χ2v) is 1.07. The number of rotatable bonds is 3. The molecule has 0 saturated carbocycles. The molecule has 0 aromatic carbocycles. The Bertz CT molecular complexity index is 31.2. The van der Waals surface area contributed by atoms with E-state index in [1.165, 1.54) is 0 Å². The van der Waals surface area contributed by atoms with E-state index in [1.807, 2.05) is 0 Å². The van der Waals surface area contributed by atoms with E-state index >= 15 is 0 Å². The minimum absolute atomic E-state index is 0.118. The number of aliphatic hydroxyl groups excluding tert-OH is 1. The highest BCUT2D eigenvalue weighted by atomic mass is 16.3. The molecule has 0 heterocycles. The van der Waals surface area contributed by atoms with Crippen molar-refractivity contribution < 1.29 is 5.11 Å². The van der Waals surface area contributed by atoms with Gasteiger partial charge >= 0.3 is 0 Å². The fourth-order valence-corrected chi connectivity index (χ4v) is 0.154. The van der Waals surface area contributed by atoms with Crippen LogP contribution in [0.15, 0.2) is 0 Å². The first-order valence-corrected chi connectivity index (χ1v) is 1.88.